The van der Waals surface area contributed by atoms with Crippen LogP contribution in [0.2, 0.25) is 0 Å². The maximum absolute atomic E-state index is 12.7. The summed E-state index contributed by atoms with van der Waals surface area (Å²) in [5, 5.41) is 0.951. The van der Waals surface area contributed by atoms with Gasteiger partial charge in [-0.05, 0) is 18.2 Å². The molecule has 1 aromatic heterocycles. The number of H-pyrrole nitrogens is 1. The fraction of sp³-hybridized carbons (Fsp3) is 0.118. The summed E-state index contributed by atoms with van der Waals surface area (Å²) in [6.45, 7) is 0. The molecule has 4 rings (SSSR count). The van der Waals surface area contributed by atoms with Crippen molar-refractivity contribution in [2.75, 3.05) is 14.2 Å². The number of ketones is 1. The van der Waals surface area contributed by atoms with E-state index in [0.29, 0.717) is 17.1 Å². The normalized spacial score (nSPS) is 11.8. The lowest BCUT2D eigenvalue weighted by molar-refractivity contribution is 0.104. The van der Waals surface area contributed by atoms with E-state index in [4.69, 9.17) is 9.47 Å². The van der Waals surface area contributed by atoms with Crippen LogP contribution in [0.15, 0.2) is 36.4 Å². The Kier molecular flexibility index (Phi) is 3.34. The zero-order valence-electron chi connectivity index (χ0n) is 12.1. The number of aromatic nitrogens is 1. The maximum Gasteiger partial charge on any atom is 0.196 e. The number of rotatable bonds is 2. The molecule has 1 aliphatic carbocycles. The van der Waals surface area contributed by atoms with Crippen LogP contribution in [0.5, 0.6) is 11.5 Å². The summed E-state index contributed by atoms with van der Waals surface area (Å²) in [6.07, 6.45) is 0. The first-order chi connectivity index (χ1) is 10.2. The van der Waals surface area contributed by atoms with E-state index in [1.54, 1.807) is 20.3 Å². The number of hydrogen-bond donors (Lipinski definition) is 1. The topological polar surface area (TPSA) is 51.3 Å². The van der Waals surface area contributed by atoms with Gasteiger partial charge >= 0.3 is 0 Å². The number of fused-ring (bicyclic) bond motifs is 5. The monoisotopic (exact) mass is 315 g/mol. The highest BCUT2D eigenvalue weighted by Crippen LogP contribution is 2.44. The minimum absolute atomic E-state index is 0. The van der Waals surface area contributed by atoms with Gasteiger partial charge in [-0.15, -0.1) is 12.4 Å². The first-order valence-corrected chi connectivity index (χ1v) is 6.66. The standard InChI is InChI=1S/C17H13NO3.ClH/c1-20-13-7-10-11(8-14(13)21-2)17(19)15-9-5-3-4-6-12(9)18-16(10)15;/h3-8,18H,1-2H3;1H. The average Bonchev–Trinajstić information content (AvgIpc) is 3.02. The van der Waals surface area contributed by atoms with Crippen molar-refractivity contribution >= 4 is 29.1 Å². The Hall–Kier alpha value is -2.46. The second-order valence-electron chi connectivity index (χ2n) is 5.00. The Morgan fingerprint density at radius 2 is 1.59 bits per heavy atom. The van der Waals surface area contributed by atoms with Crippen molar-refractivity contribution in [3.63, 3.8) is 0 Å². The van der Waals surface area contributed by atoms with E-state index < -0.39 is 0 Å². The Balaban J connectivity index is 0.00000144. The number of hydrogen-bond acceptors (Lipinski definition) is 3. The van der Waals surface area contributed by atoms with Crippen LogP contribution in [0, 0.1) is 0 Å². The molecule has 0 spiro atoms. The molecule has 3 aromatic rings. The predicted molar refractivity (Wildman–Crippen MR) is 87.5 cm³/mol. The highest BCUT2D eigenvalue weighted by atomic mass is 35.5. The number of methoxy groups -OCH3 is 2. The van der Waals surface area contributed by atoms with Crippen LogP contribution in [0.3, 0.4) is 0 Å². The molecule has 0 bridgehead atoms. The molecule has 0 saturated heterocycles. The van der Waals surface area contributed by atoms with Crippen LogP contribution in [0.25, 0.3) is 22.2 Å². The van der Waals surface area contributed by atoms with Crippen molar-refractivity contribution in [3.05, 3.63) is 47.5 Å². The number of ether oxygens (including phenoxy) is 2. The summed E-state index contributed by atoms with van der Waals surface area (Å²) < 4.78 is 10.6. The molecule has 0 radical (unpaired) electrons. The van der Waals surface area contributed by atoms with Crippen molar-refractivity contribution in [2.24, 2.45) is 0 Å². The van der Waals surface area contributed by atoms with Gasteiger partial charge in [0.2, 0.25) is 0 Å². The number of nitrogens with one attached hydrogen (secondary N) is 1. The van der Waals surface area contributed by atoms with Gasteiger partial charge in [-0.1, -0.05) is 18.2 Å². The molecular weight excluding hydrogens is 302 g/mol. The molecule has 1 heterocycles. The number of carbonyl (C=O) groups is 1. The average molecular weight is 316 g/mol. The van der Waals surface area contributed by atoms with Crippen molar-refractivity contribution in [1.29, 1.82) is 0 Å². The molecular formula is C17H14ClNO3. The van der Waals surface area contributed by atoms with E-state index in [0.717, 1.165) is 27.7 Å². The second-order valence-corrected chi connectivity index (χ2v) is 5.00. The van der Waals surface area contributed by atoms with Gasteiger partial charge in [0.15, 0.2) is 17.3 Å². The zero-order chi connectivity index (χ0) is 14.6. The first kappa shape index (κ1) is 14.5. The van der Waals surface area contributed by atoms with Gasteiger partial charge in [0.05, 0.1) is 25.5 Å². The summed E-state index contributed by atoms with van der Waals surface area (Å²) in [5.74, 6) is 1.22. The second kappa shape index (κ2) is 5.07. The third kappa shape index (κ3) is 1.74. The van der Waals surface area contributed by atoms with Crippen LogP contribution in [0.4, 0.5) is 0 Å². The predicted octanol–water partition coefficient (Wildman–Crippen LogP) is 3.82. The van der Waals surface area contributed by atoms with Crippen molar-refractivity contribution in [1.82, 2.24) is 4.98 Å². The molecule has 0 aliphatic heterocycles. The van der Waals surface area contributed by atoms with Gasteiger partial charge in [0.1, 0.15) is 0 Å². The fourth-order valence-corrected chi connectivity index (χ4v) is 2.99. The molecule has 0 amide bonds. The van der Waals surface area contributed by atoms with Crippen LogP contribution in [0.1, 0.15) is 15.9 Å². The number of carbonyl (C=O) groups excluding carboxylic acids is 1. The Bertz CT molecular complexity index is 898. The highest BCUT2D eigenvalue weighted by molar-refractivity contribution is 6.27. The number of para-hydroxylation sites is 1. The molecule has 0 atom stereocenters. The van der Waals surface area contributed by atoms with Gasteiger partial charge in [0, 0.05) is 22.0 Å². The number of halogens is 1. The van der Waals surface area contributed by atoms with E-state index in [-0.39, 0.29) is 18.2 Å². The van der Waals surface area contributed by atoms with Gasteiger partial charge < -0.3 is 14.5 Å². The first-order valence-electron chi connectivity index (χ1n) is 6.66. The smallest absolute Gasteiger partial charge is 0.196 e. The van der Waals surface area contributed by atoms with Gasteiger partial charge in [-0.3, -0.25) is 4.79 Å². The quantitative estimate of drug-likeness (QED) is 0.612. The largest absolute Gasteiger partial charge is 0.493 e. The van der Waals surface area contributed by atoms with Gasteiger partial charge in [-0.2, -0.15) is 0 Å². The Morgan fingerprint density at radius 1 is 0.955 bits per heavy atom. The minimum atomic E-state index is 0. The van der Waals surface area contributed by atoms with E-state index in [1.165, 1.54) is 0 Å². The molecule has 5 heteroatoms. The maximum atomic E-state index is 12.7. The lowest BCUT2D eigenvalue weighted by Crippen LogP contribution is -1.98. The minimum Gasteiger partial charge on any atom is -0.493 e. The molecule has 4 nitrogen and oxygen atoms in total. The van der Waals surface area contributed by atoms with Crippen molar-refractivity contribution in [2.45, 2.75) is 0 Å². The molecule has 1 N–H and O–H groups in total. The molecule has 0 saturated carbocycles. The van der Waals surface area contributed by atoms with Crippen LogP contribution >= 0.6 is 12.4 Å². The Morgan fingerprint density at radius 3 is 2.27 bits per heavy atom. The van der Waals surface area contributed by atoms with Crippen molar-refractivity contribution < 1.29 is 14.3 Å². The van der Waals surface area contributed by atoms with E-state index in [9.17, 15) is 4.79 Å². The molecule has 112 valence electrons. The lowest BCUT2D eigenvalue weighted by atomic mass is 10.1. The highest BCUT2D eigenvalue weighted by Gasteiger charge is 2.32. The summed E-state index contributed by atoms with van der Waals surface area (Å²) in [4.78, 5) is 16.0. The number of benzene rings is 2. The third-order valence-corrected chi connectivity index (χ3v) is 3.97. The fourth-order valence-electron chi connectivity index (χ4n) is 2.99. The van der Waals surface area contributed by atoms with E-state index >= 15 is 0 Å². The van der Waals surface area contributed by atoms with Crippen molar-refractivity contribution in [3.8, 4) is 22.8 Å². The molecule has 22 heavy (non-hydrogen) atoms. The number of aromatic amines is 1. The van der Waals surface area contributed by atoms with E-state index in [1.807, 2.05) is 30.3 Å². The molecule has 1 aliphatic rings. The van der Waals surface area contributed by atoms with Gasteiger partial charge in [-0.25, -0.2) is 0 Å². The lowest BCUT2D eigenvalue weighted by Gasteiger charge is -2.09. The van der Waals surface area contributed by atoms with Crippen LogP contribution in [-0.4, -0.2) is 25.0 Å². The third-order valence-electron chi connectivity index (χ3n) is 3.97. The summed E-state index contributed by atoms with van der Waals surface area (Å²) in [5.41, 5.74) is 4.08. The molecule has 2 aromatic carbocycles. The molecule has 0 fully saturated rings. The summed E-state index contributed by atoms with van der Waals surface area (Å²) in [6, 6.07) is 11.4. The van der Waals surface area contributed by atoms with E-state index in [2.05, 4.69) is 4.98 Å². The van der Waals surface area contributed by atoms with Crippen LogP contribution in [-0.2, 0) is 0 Å². The van der Waals surface area contributed by atoms with Crippen LogP contribution < -0.4 is 9.47 Å². The summed E-state index contributed by atoms with van der Waals surface area (Å²) >= 11 is 0. The zero-order valence-corrected chi connectivity index (χ0v) is 12.9. The Labute approximate surface area is 133 Å². The molecule has 0 unspecified atom stereocenters. The summed E-state index contributed by atoms with van der Waals surface area (Å²) in [7, 11) is 3.16. The van der Waals surface area contributed by atoms with Gasteiger partial charge in [0.25, 0.3) is 0 Å². The SMILES string of the molecule is COc1cc2c(cc1OC)-c1[nH]c3ccccc3c1C2=O.Cl.